The summed E-state index contributed by atoms with van der Waals surface area (Å²) in [6, 6.07) is 23.2. The largest absolute Gasteiger partial charge is 0.507 e. The lowest BCUT2D eigenvalue weighted by Gasteiger charge is -2.36. The van der Waals surface area contributed by atoms with Gasteiger partial charge in [-0.05, 0) is 85.0 Å². The number of carbonyl (C=O) groups is 3. The average molecular weight is 816 g/mol. The van der Waals surface area contributed by atoms with E-state index in [0.717, 1.165) is 64.4 Å². The van der Waals surface area contributed by atoms with Crippen molar-refractivity contribution in [3.63, 3.8) is 0 Å². The molecule has 2 fully saturated rings. The van der Waals surface area contributed by atoms with Crippen molar-refractivity contribution in [3.05, 3.63) is 102 Å². The third-order valence-corrected chi connectivity index (χ3v) is 12.5. The van der Waals surface area contributed by atoms with Crippen molar-refractivity contribution in [1.29, 1.82) is 0 Å². The number of hydrogen-bond donors (Lipinski definition) is 4. The molecule has 5 aromatic rings. The number of aryl methyl sites for hydroxylation is 1. The van der Waals surface area contributed by atoms with E-state index >= 15 is 0 Å². The van der Waals surface area contributed by atoms with Crippen molar-refractivity contribution in [2.75, 3.05) is 24.5 Å². The van der Waals surface area contributed by atoms with E-state index in [4.69, 9.17) is 0 Å². The molecule has 0 aliphatic carbocycles. The van der Waals surface area contributed by atoms with Crippen LogP contribution in [0, 0.1) is 18.3 Å². The second kappa shape index (κ2) is 17.7. The molecule has 0 unspecified atom stereocenters. The topological polar surface area (TPSA) is 161 Å². The van der Waals surface area contributed by atoms with E-state index in [1.165, 1.54) is 4.90 Å². The predicted octanol–water partition coefficient (Wildman–Crippen LogP) is 6.92. The van der Waals surface area contributed by atoms with E-state index in [1.807, 2.05) is 82.6 Å². The SMILES string of the molecule is Cc1ncsc1-c1ccc([C@H](C)NC(=O)[C@@H]2C[C@@H](O)CN2C(=O)[C@@H](NC(=O)CC2CCN(c3ccc(-c4cnnc(-c5ccccc5O)c4)cc3)CC2)C(C)(C)C)cc1. The van der Waals surface area contributed by atoms with Crippen LogP contribution in [0.4, 0.5) is 5.69 Å². The van der Waals surface area contributed by atoms with Gasteiger partial charge in [0.05, 0.1) is 40.1 Å². The van der Waals surface area contributed by atoms with Crippen LogP contribution in [0.15, 0.2) is 90.6 Å². The number of β-amino-alcohol motifs (C(OH)–C–C–N with tert-alkyl or cyclic N) is 1. The molecule has 59 heavy (non-hydrogen) atoms. The monoisotopic (exact) mass is 815 g/mol. The number of nitrogens with one attached hydrogen (secondary N) is 2. The number of aliphatic hydroxyl groups is 1. The average Bonchev–Trinajstić information content (AvgIpc) is 3.85. The van der Waals surface area contributed by atoms with Gasteiger partial charge in [0.1, 0.15) is 17.8 Å². The number of phenols is 1. The standard InChI is InChI=1S/C46H53N7O5S/c1-28(31-10-12-33(13-11-31)42-29(2)47-27-59-42)49-44(57)39-24-36(54)26-53(39)45(58)43(46(3,4)5)50-41(56)22-30-18-20-52(21-19-30)35-16-14-32(15-17-35)34-23-38(51-48-25-34)37-8-6-7-9-40(37)55/h6-17,23,25,27-28,30,36,39,43,54-55H,18-22,24,26H2,1-5H3,(H,49,57)(H,50,56)/t28-,36+,39-,43+/m0/s1. The Morgan fingerprint density at radius 2 is 1.63 bits per heavy atom. The first kappa shape index (κ1) is 41.5. The van der Waals surface area contributed by atoms with Crippen LogP contribution in [0.2, 0.25) is 0 Å². The first-order chi connectivity index (χ1) is 28.2. The van der Waals surface area contributed by atoms with Gasteiger partial charge in [-0.15, -0.1) is 11.3 Å². The molecule has 4 atom stereocenters. The van der Waals surface area contributed by atoms with Crippen LogP contribution >= 0.6 is 11.3 Å². The highest BCUT2D eigenvalue weighted by Gasteiger charge is 2.45. The number of amides is 3. The number of rotatable bonds is 11. The molecule has 0 saturated carbocycles. The maximum atomic E-state index is 14.2. The summed E-state index contributed by atoms with van der Waals surface area (Å²) >= 11 is 1.59. The summed E-state index contributed by atoms with van der Waals surface area (Å²) in [5.74, 6) is -0.581. The molecular formula is C46H53N7O5S. The minimum Gasteiger partial charge on any atom is -0.507 e. The number of nitrogens with zero attached hydrogens (tertiary/aromatic N) is 5. The highest BCUT2D eigenvalue weighted by molar-refractivity contribution is 7.13. The van der Waals surface area contributed by atoms with E-state index < -0.39 is 23.6 Å². The van der Waals surface area contributed by atoms with Crippen molar-refractivity contribution < 1.29 is 24.6 Å². The number of likely N-dealkylation sites (tertiary alicyclic amines) is 1. The Hall–Kier alpha value is -5.66. The third-order valence-electron chi connectivity index (χ3n) is 11.5. The van der Waals surface area contributed by atoms with Gasteiger partial charge in [0.2, 0.25) is 17.7 Å². The molecule has 0 radical (unpaired) electrons. The molecule has 308 valence electrons. The van der Waals surface area contributed by atoms with Crippen LogP contribution in [-0.4, -0.2) is 85.8 Å². The first-order valence-electron chi connectivity index (χ1n) is 20.3. The number of para-hydroxylation sites is 1. The Morgan fingerprint density at radius 3 is 2.29 bits per heavy atom. The zero-order valence-corrected chi connectivity index (χ0v) is 35.1. The number of aromatic nitrogens is 3. The Labute approximate surface area is 349 Å². The number of piperidine rings is 1. The summed E-state index contributed by atoms with van der Waals surface area (Å²) in [7, 11) is 0. The number of thiazole rings is 1. The Morgan fingerprint density at radius 1 is 0.932 bits per heavy atom. The van der Waals surface area contributed by atoms with Gasteiger partial charge in [-0.2, -0.15) is 10.2 Å². The van der Waals surface area contributed by atoms with E-state index in [0.29, 0.717) is 17.7 Å². The molecule has 4 N–H and O–H groups in total. The molecule has 2 aromatic heterocycles. The minimum absolute atomic E-state index is 0.0226. The Balaban J connectivity index is 0.924. The molecule has 3 amide bonds. The van der Waals surface area contributed by atoms with Crippen LogP contribution in [-0.2, 0) is 14.4 Å². The number of carbonyl (C=O) groups excluding carboxylic acids is 3. The van der Waals surface area contributed by atoms with E-state index in [2.05, 4.69) is 55.0 Å². The van der Waals surface area contributed by atoms with Gasteiger partial charge in [0.25, 0.3) is 0 Å². The summed E-state index contributed by atoms with van der Waals surface area (Å²) in [5.41, 5.74) is 8.35. The number of aliphatic hydroxyl groups excluding tert-OH is 1. The fourth-order valence-electron chi connectivity index (χ4n) is 8.10. The summed E-state index contributed by atoms with van der Waals surface area (Å²) in [6.45, 7) is 11.2. The van der Waals surface area contributed by atoms with Crippen molar-refractivity contribution in [3.8, 4) is 38.6 Å². The molecule has 12 nitrogen and oxygen atoms in total. The number of phenolic OH excluding ortho intramolecular Hbond substituents is 1. The lowest BCUT2D eigenvalue weighted by Crippen LogP contribution is -2.58. The van der Waals surface area contributed by atoms with Gasteiger partial charge in [-0.3, -0.25) is 14.4 Å². The molecule has 2 saturated heterocycles. The Bertz CT molecular complexity index is 2260. The molecule has 0 bridgehead atoms. The molecule has 7 rings (SSSR count). The quantitative estimate of drug-likeness (QED) is 0.111. The van der Waals surface area contributed by atoms with Crippen molar-refractivity contribution >= 4 is 34.7 Å². The van der Waals surface area contributed by atoms with Gasteiger partial charge >= 0.3 is 0 Å². The summed E-state index contributed by atoms with van der Waals surface area (Å²) in [5, 5.41) is 35.5. The lowest BCUT2D eigenvalue weighted by atomic mass is 9.85. The number of hydrogen-bond acceptors (Lipinski definition) is 10. The first-order valence-corrected chi connectivity index (χ1v) is 21.2. The summed E-state index contributed by atoms with van der Waals surface area (Å²) in [4.78, 5) is 50.7. The third kappa shape index (κ3) is 9.63. The maximum absolute atomic E-state index is 14.2. The highest BCUT2D eigenvalue weighted by Crippen LogP contribution is 2.33. The number of anilines is 1. The van der Waals surface area contributed by atoms with Gasteiger partial charge in [0.15, 0.2) is 0 Å². The van der Waals surface area contributed by atoms with Crippen LogP contribution in [0.3, 0.4) is 0 Å². The van der Waals surface area contributed by atoms with E-state index in [1.54, 1.807) is 29.7 Å². The normalized spacial score (nSPS) is 18.3. The number of benzene rings is 3. The second-order valence-electron chi connectivity index (χ2n) is 16.9. The Kier molecular flexibility index (Phi) is 12.4. The van der Waals surface area contributed by atoms with E-state index in [-0.39, 0.29) is 48.4 Å². The number of aromatic hydroxyl groups is 1. The minimum atomic E-state index is -0.876. The smallest absolute Gasteiger partial charge is 0.246 e. The van der Waals surface area contributed by atoms with Gasteiger partial charge in [-0.25, -0.2) is 4.98 Å². The van der Waals surface area contributed by atoms with Gasteiger partial charge < -0.3 is 30.6 Å². The van der Waals surface area contributed by atoms with Crippen molar-refractivity contribution in [1.82, 2.24) is 30.7 Å². The lowest BCUT2D eigenvalue weighted by molar-refractivity contribution is -0.144. The van der Waals surface area contributed by atoms with Gasteiger partial charge in [0, 0.05) is 49.3 Å². The van der Waals surface area contributed by atoms with Crippen molar-refractivity contribution in [2.45, 2.75) is 84.5 Å². The second-order valence-corrected chi connectivity index (χ2v) is 17.8. The molecule has 3 aromatic carbocycles. The zero-order chi connectivity index (χ0) is 41.8. The molecule has 13 heteroatoms. The zero-order valence-electron chi connectivity index (χ0n) is 34.3. The van der Waals surface area contributed by atoms with Crippen LogP contribution in [0.25, 0.3) is 32.8 Å². The summed E-state index contributed by atoms with van der Waals surface area (Å²) < 4.78 is 0. The van der Waals surface area contributed by atoms with Crippen LogP contribution < -0.4 is 15.5 Å². The predicted molar refractivity (Wildman–Crippen MR) is 230 cm³/mol. The van der Waals surface area contributed by atoms with Crippen LogP contribution in [0.5, 0.6) is 5.75 Å². The molecular weight excluding hydrogens is 763 g/mol. The summed E-state index contributed by atoms with van der Waals surface area (Å²) in [6.07, 6.45) is 2.94. The molecule has 2 aliphatic heterocycles. The molecule has 0 spiro atoms. The highest BCUT2D eigenvalue weighted by atomic mass is 32.1. The van der Waals surface area contributed by atoms with Crippen LogP contribution in [0.1, 0.15) is 70.7 Å². The fourth-order valence-corrected chi connectivity index (χ4v) is 8.92. The van der Waals surface area contributed by atoms with E-state index in [9.17, 15) is 24.6 Å². The van der Waals surface area contributed by atoms with Gasteiger partial charge in [-0.1, -0.05) is 69.3 Å². The molecule has 4 heterocycles. The molecule has 2 aliphatic rings. The fraction of sp³-hybridized carbons (Fsp3) is 0.391. The van der Waals surface area contributed by atoms with Crippen molar-refractivity contribution in [2.24, 2.45) is 11.3 Å². The maximum Gasteiger partial charge on any atom is 0.246 e.